The second-order valence-corrected chi connectivity index (χ2v) is 5.51. The van der Waals surface area contributed by atoms with Crippen molar-refractivity contribution in [1.82, 2.24) is 5.32 Å². The summed E-state index contributed by atoms with van der Waals surface area (Å²) in [5.41, 5.74) is 1.74. The molecule has 1 unspecified atom stereocenters. The number of halogens is 3. The number of rotatable bonds is 6. The van der Waals surface area contributed by atoms with E-state index in [1.165, 1.54) is 24.3 Å². The largest absolute Gasteiger partial charge is 0.573 e. The van der Waals surface area contributed by atoms with E-state index in [0.717, 1.165) is 5.56 Å². The molecule has 0 aliphatic heterocycles. The van der Waals surface area contributed by atoms with Crippen LogP contribution < -0.4 is 14.8 Å². The average Bonchev–Trinajstić information content (AvgIpc) is 2.53. The van der Waals surface area contributed by atoms with Crippen LogP contribution in [0.5, 0.6) is 11.5 Å². The van der Waals surface area contributed by atoms with E-state index in [-0.39, 0.29) is 24.3 Å². The number of alkyl halides is 3. The zero-order valence-electron chi connectivity index (χ0n) is 13.8. The van der Waals surface area contributed by atoms with Crippen LogP contribution in [0, 0.1) is 6.92 Å². The molecule has 7 heteroatoms. The van der Waals surface area contributed by atoms with Gasteiger partial charge < -0.3 is 14.8 Å². The molecular weight excluding hydrogens is 335 g/mol. The number of nitrogens with one attached hydrogen (secondary N) is 1. The summed E-state index contributed by atoms with van der Waals surface area (Å²) in [5.74, 6) is -0.0526. The van der Waals surface area contributed by atoms with Crippen LogP contribution in [0.4, 0.5) is 13.2 Å². The molecular formula is C18H18F3NO3. The monoisotopic (exact) mass is 353 g/mol. The minimum absolute atomic E-state index is 0.150. The van der Waals surface area contributed by atoms with Gasteiger partial charge in [0.05, 0.1) is 6.04 Å². The Labute approximate surface area is 143 Å². The van der Waals surface area contributed by atoms with Crippen molar-refractivity contribution in [2.24, 2.45) is 0 Å². The smallest absolute Gasteiger partial charge is 0.484 e. The fourth-order valence-electron chi connectivity index (χ4n) is 2.11. The van der Waals surface area contributed by atoms with Crippen molar-refractivity contribution in [3.63, 3.8) is 0 Å². The summed E-state index contributed by atoms with van der Waals surface area (Å²) in [7, 11) is 0. The summed E-state index contributed by atoms with van der Waals surface area (Å²) in [6.45, 7) is 3.52. The van der Waals surface area contributed by atoms with Crippen molar-refractivity contribution in [3.8, 4) is 11.5 Å². The zero-order valence-corrected chi connectivity index (χ0v) is 13.8. The van der Waals surface area contributed by atoms with Gasteiger partial charge in [-0.2, -0.15) is 0 Å². The highest BCUT2D eigenvalue weighted by Gasteiger charge is 2.31. The van der Waals surface area contributed by atoms with Crippen LogP contribution in [-0.4, -0.2) is 18.9 Å². The van der Waals surface area contributed by atoms with Crippen molar-refractivity contribution < 1.29 is 27.4 Å². The summed E-state index contributed by atoms with van der Waals surface area (Å²) in [6, 6.07) is 12.2. The minimum atomic E-state index is -4.73. The Bertz CT molecular complexity index is 697. The van der Waals surface area contributed by atoms with Crippen LogP contribution in [-0.2, 0) is 4.79 Å². The molecule has 1 amide bonds. The third-order valence-electron chi connectivity index (χ3n) is 3.38. The number of carbonyl (C=O) groups excluding carboxylic acids is 1. The molecule has 0 saturated heterocycles. The quantitative estimate of drug-likeness (QED) is 0.849. The maximum atomic E-state index is 12.1. The molecule has 0 heterocycles. The van der Waals surface area contributed by atoms with Crippen LogP contribution in [0.1, 0.15) is 24.1 Å². The topological polar surface area (TPSA) is 47.6 Å². The maximum absolute atomic E-state index is 12.1. The molecule has 2 aromatic carbocycles. The van der Waals surface area contributed by atoms with E-state index < -0.39 is 6.36 Å². The highest BCUT2D eigenvalue weighted by molar-refractivity contribution is 5.78. The Balaban J connectivity index is 1.84. The fraction of sp³-hybridized carbons (Fsp3) is 0.278. The van der Waals surface area contributed by atoms with Gasteiger partial charge in [-0.15, -0.1) is 13.2 Å². The Hall–Kier alpha value is -2.70. The van der Waals surface area contributed by atoms with Crippen molar-refractivity contribution in [2.75, 3.05) is 6.61 Å². The van der Waals surface area contributed by atoms with E-state index in [1.54, 1.807) is 19.1 Å². The molecule has 0 aliphatic carbocycles. The Morgan fingerprint density at radius 1 is 1.04 bits per heavy atom. The highest BCUT2D eigenvalue weighted by Crippen LogP contribution is 2.24. The molecule has 0 saturated carbocycles. The number of carbonyl (C=O) groups is 1. The van der Waals surface area contributed by atoms with E-state index in [4.69, 9.17) is 4.74 Å². The zero-order chi connectivity index (χ0) is 18.4. The van der Waals surface area contributed by atoms with Gasteiger partial charge in [0.25, 0.3) is 5.91 Å². The average molecular weight is 353 g/mol. The molecule has 0 spiro atoms. The first kappa shape index (κ1) is 18.6. The van der Waals surface area contributed by atoms with Gasteiger partial charge in [0.2, 0.25) is 0 Å². The molecule has 2 rings (SSSR count). The molecule has 4 nitrogen and oxygen atoms in total. The summed E-state index contributed by atoms with van der Waals surface area (Å²) >= 11 is 0. The van der Waals surface area contributed by atoms with Gasteiger partial charge in [0.15, 0.2) is 6.61 Å². The molecule has 1 N–H and O–H groups in total. The Morgan fingerprint density at radius 3 is 2.16 bits per heavy atom. The first-order chi connectivity index (χ1) is 11.7. The third-order valence-corrected chi connectivity index (χ3v) is 3.38. The van der Waals surface area contributed by atoms with E-state index in [9.17, 15) is 18.0 Å². The fourth-order valence-corrected chi connectivity index (χ4v) is 2.11. The second kappa shape index (κ2) is 7.92. The lowest BCUT2D eigenvalue weighted by Gasteiger charge is -2.16. The predicted molar refractivity (Wildman–Crippen MR) is 86.4 cm³/mol. The normalized spacial score (nSPS) is 12.4. The SMILES string of the molecule is Cc1ccc(OCC(=O)NC(C)c2ccc(OC(F)(F)F)cc2)cc1. The molecule has 0 fully saturated rings. The van der Waals surface area contributed by atoms with Crippen LogP contribution in [0.15, 0.2) is 48.5 Å². The molecule has 1 atom stereocenters. The second-order valence-electron chi connectivity index (χ2n) is 5.51. The number of hydrogen-bond acceptors (Lipinski definition) is 3. The van der Waals surface area contributed by atoms with Crippen molar-refractivity contribution in [2.45, 2.75) is 26.3 Å². The minimum Gasteiger partial charge on any atom is -0.484 e. The molecule has 134 valence electrons. The number of ether oxygens (including phenoxy) is 2. The van der Waals surface area contributed by atoms with Crippen molar-refractivity contribution >= 4 is 5.91 Å². The van der Waals surface area contributed by atoms with Gasteiger partial charge >= 0.3 is 6.36 Å². The number of amides is 1. The number of hydrogen-bond donors (Lipinski definition) is 1. The molecule has 25 heavy (non-hydrogen) atoms. The molecule has 2 aromatic rings. The number of aryl methyl sites for hydroxylation is 1. The summed E-state index contributed by atoms with van der Waals surface area (Å²) < 4.78 is 45.6. The van der Waals surface area contributed by atoms with Gasteiger partial charge in [0, 0.05) is 0 Å². The first-order valence-corrected chi connectivity index (χ1v) is 7.57. The summed E-state index contributed by atoms with van der Waals surface area (Å²) in [4.78, 5) is 11.9. The van der Waals surface area contributed by atoms with E-state index in [2.05, 4.69) is 10.1 Å². The van der Waals surface area contributed by atoms with Crippen LogP contribution in [0.25, 0.3) is 0 Å². The van der Waals surface area contributed by atoms with Gasteiger partial charge in [-0.1, -0.05) is 29.8 Å². The van der Waals surface area contributed by atoms with Crippen LogP contribution in [0.2, 0.25) is 0 Å². The first-order valence-electron chi connectivity index (χ1n) is 7.57. The summed E-state index contributed by atoms with van der Waals surface area (Å²) in [5, 5.41) is 2.72. The molecule has 0 bridgehead atoms. The highest BCUT2D eigenvalue weighted by atomic mass is 19.4. The lowest BCUT2D eigenvalue weighted by Crippen LogP contribution is -2.31. The van der Waals surface area contributed by atoms with E-state index in [0.29, 0.717) is 11.3 Å². The van der Waals surface area contributed by atoms with Crippen molar-refractivity contribution in [3.05, 3.63) is 59.7 Å². The third kappa shape index (κ3) is 6.37. The molecule has 0 aromatic heterocycles. The van der Waals surface area contributed by atoms with Gasteiger partial charge in [-0.3, -0.25) is 4.79 Å². The number of benzene rings is 2. The van der Waals surface area contributed by atoms with Gasteiger partial charge in [-0.25, -0.2) is 0 Å². The van der Waals surface area contributed by atoms with Crippen molar-refractivity contribution in [1.29, 1.82) is 0 Å². The Morgan fingerprint density at radius 2 is 1.60 bits per heavy atom. The molecule has 0 aliphatic rings. The predicted octanol–water partition coefficient (Wildman–Crippen LogP) is 4.15. The summed E-state index contributed by atoms with van der Waals surface area (Å²) in [6.07, 6.45) is -4.73. The van der Waals surface area contributed by atoms with E-state index >= 15 is 0 Å². The lowest BCUT2D eigenvalue weighted by molar-refractivity contribution is -0.274. The van der Waals surface area contributed by atoms with Gasteiger partial charge in [0.1, 0.15) is 11.5 Å². The standard InChI is InChI=1S/C18H18F3NO3/c1-12-3-7-15(8-4-12)24-11-17(23)22-13(2)14-5-9-16(10-6-14)25-18(19,20)21/h3-10,13H,11H2,1-2H3,(H,22,23). The maximum Gasteiger partial charge on any atom is 0.573 e. The van der Waals surface area contributed by atoms with Crippen LogP contribution >= 0.6 is 0 Å². The van der Waals surface area contributed by atoms with Crippen LogP contribution in [0.3, 0.4) is 0 Å². The lowest BCUT2D eigenvalue weighted by atomic mass is 10.1. The Kier molecular flexibility index (Phi) is 5.90. The molecule has 0 radical (unpaired) electrons. The van der Waals surface area contributed by atoms with Gasteiger partial charge in [-0.05, 0) is 43.7 Å². The van der Waals surface area contributed by atoms with E-state index in [1.807, 2.05) is 19.1 Å².